The molecule has 0 heterocycles. The van der Waals surface area contributed by atoms with Gasteiger partial charge in [-0.1, -0.05) is 35.9 Å². The van der Waals surface area contributed by atoms with Crippen LogP contribution in [0.25, 0.3) is 0 Å². The number of aryl methyl sites for hydroxylation is 1. The number of nitrogens with one attached hydrogen (secondary N) is 1. The molecule has 0 aliphatic heterocycles. The van der Waals surface area contributed by atoms with E-state index in [9.17, 15) is 4.39 Å². The molecule has 3 heteroatoms. The molecule has 0 amide bonds. The minimum atomic E-state index is -0.217. The van der Waals surface area contributed by atoms with Gasteiger partial charge >= 0.3 is 0 Å². The Morgan fingerprint density at radius 3 is 2.71 bits per heavy atom. The topological polar surface area (TPSA) is 12.0 Å². The third-order valence-corrected chi connectivity index (χ3v) is 3.19. The number of rotatable bonds is 4. The summed E-state index contributed by atoms with van der Waals surface area (Å²) in [6.45, 7) is 2.08. The Morgan fingerprint density at radius 2 is 1.94 bits per heavy atom. The van der Waals surface area contributed by atoms with Gasteiger partial charge in [0.25, 0.3) is 0 Å². The predicted octanol–water partition coefficient (Wildman–Crippen LogP) is 4.39. The predicted molar refractivity (Wildman–Crippen MR) is 72.5 cm³/mol. The van der Waals surface area contributed by atoms with Crippen LogP contribution in [0.4, 0.5) is 10.1 Å². The third kappa shape index (κ3) is 3.79. The van der Waals surface area contributed by atoms with E-state index in [4.69, 9.17) is 0 Å². The Kier molecular flexibility index (Phi) is 4.04. The van der Waals surface area contributed by atoms with Gasteiger partial charge in [0.1, 0.15) is 5.82 Å². The summed E-state index contributed by atoms with van der Waals surface area (Å²) in [5, 5.41) is 0. The summed E-state index contributed by atoms with van der Waals surface area (Å²) in [6.07, 6.45) is 0. The Bertz CT molecular complexity index is 454. The van der Waals surface area contributed by atoms with Crippen LogP contribution in [0.2, 0.25) is 0 Å². The first-order valence-electron chi connectivity index (χ1n) is 5.43. The molecule has 0 aromatic heterocycles. The summed E-state index contributed by atoms with van der Waals surface area (Å²) in [4.78, 5) is 0. The van der Waals surface area contributed by atoms with E-state index in [-0.39, 0.29) is 5.82 Å². The summed E-state index contributed by atoms with van der Waals surface area (Å²) in [5.41, 5.74) is 3.32. The number of hydrogen-bond donors (Lipinski definition) is 1. The smallest absolute Gasteiger partial charge is 0.125 e. The van der Waals surface area contributed by atoms with Crippen LogP contribution in [0.15, 0.2) is 48.5 Å². The van der Waals surface area contributed by atoms with Crippen molar-refractivity contribution >= 4 is 17.6 Å². The summed E-state index contributed by atoms with van der Waals surface area (Å²) in [7, 11) is 0. The molecule has 2 aromatic carbocycles. The first-order valence-corrected chi connectivity index (χ1v) is 6.41. The fraction of sp³-hybridized carbons (Fsp3) is 0.143. The van der Waals surface area contributed by atoms with Gasteiger partial charge < -0.3 is 4.72 Å². The van der Waals surface area contributed by atoms with Crippen LogP contribution in [0.5, 0.6) is 0 Å². The van der Waals surface area contributed by atoms with Crippen LogP contribution in [0.3, 0.4) is 0 Å². The van der Waals surface area contributed by atoms with Crippen molar-refractivity contribution in [2.45, 2.75) is 12.7 Å². The number of benzene rings is 2. The van der Waals surface area contributed by atoms with E-state index >= 15 is 0 Å². The van der Waals surface area contributed by atoms with Crippen LogP contribution < -0.4 is 4.72 Å². The Labute approximate surface area is 105 Å². The van der Waals surface area contributed by atoms with E-state index in [1.165, 1.54) is 23.3 Å². The molecule has 0 saturated carbocycles. The fourth-order valence-corrected chi connectivity index (χ4v) is 2.27. The van der Waals surface area contributed by atoms with Crippen molar-refractivity contribution in [1.82, 2.24) is 0 Å². The zero-order valence-electron chi connectivity index (χ0n) is 9.61. The molecule has 0 saturated heterocycles. The Balaban J connectivity index is 1.87. The molecular weight excluding hydrogens is 233 g/mol. The van der Waals surface area contributed by atoms with E-state index in [0.29, 0.717) is 0 Å². The molecule has 2 aromatic rings. The molecule has 1 N–H and O–H groups in total. The van der Waals surface area contributed by atoms with E-state index in [2.05, 4.69) is 29.8 Å². The standard InChI is InChI=1S/C14H14FNS/c1-11-4-2-5-12(8-11)10-17-16-14-7-3-6-13(15)9-14/h2-9,16H,10H2,1H3. The van der Waals surface area contributed by atoms with Gasteiger partial charge in [-0.05, 0) is 42.6 Å². The monoisotopic (exact) mass is 247 g/mol. The first-order chi connectivity index (χ1) is 8.24. The maximum absolute atomic E-state index is 12.9. The molecule has 0 aliphatic carbocycles. The zero-order valence-corrected chi connectivity index (χ0v) is 10.4. The van der Waals surface area contributed by atoms with Crippen molar-refractivity contribution in [3.63, 3.8) is 0 Å². The maximum atomic E-state index is 12.9. The molecule has 0 unspecified atom stereocenters. The highest BCUT2D eigenvalue weighted by Crippen LogP contribution is 2.18. The van der Waals surface area contributed by atoms with Crippen molar-refractivity contribution in [2.75, 3.05) is 4.72 Å². The Morgan fingerprint density at radius 1 is 1.12 bits per heavy atom. The molecule has 0 atom stereocenters. The van der Waals surface area contributed by atoms with Crippen LogP contribution in [0, 0.1) is 12.7 Å². The van der Waals surface area contributed by atoms with E-state index in [1.807, 2.05) is 12.1 Å². The van der Waals surface area contributed by atoms with Gasteiger partial charge in [-0.25, -0.2) is 4.39 Å². The number of anilines is 1. The lowest BCUT2D eigenvalue weighted by atomic mass is 10.2. The summed E-state index contributed by atoms with van der Waals surface area (Å²) >= 11 is 1.56. The molecule has 0 aliphatic rings. The van der Waals surface area contributed by atoms with Crippen LogP contribution in [-0.4, -0.2) is 0 Å². The van der Waals surface area contributed by atoms with Crippen molar-refractivity contribution in [1.29, 1.82) is 0 Å². The summed E-state index contributed by atoms with van der Waals surface area (Å²) in [5.74, 6) is 0.643. The van der Waals surface area contributed by atoms with Crippen LogP contribution in [-0.2, 0) is 5.75 Å². The van der Waals surface area contributed by atoms with Gasteiger partial charge in [0.05, 0.1) is 0 Å². The highest BCUT2D eigenvalue weighted by molar-refractivity contribution is 7.99. The molecule has 0 radical (unpaired) electrons. The summed E-state index contributed by atoms with van der Waals surface area (Å²) < 4.78 is 16.1. The van der Waals surface area contributed by atoms with Gasteiger partial charge in [0.2, 0.25) is 0 Å². The van der Waals surface area contributed by atoms with Gasteiger partial charge in [-0.3, -0.25) is 0 Å². The second-order valence-electron chi connectivity index (χ2n) is 3.89. The van der Waals surface area contributed by atoms with Crippen LogP contribution in [0.1, 0.15) is 11.1 Å². The molecule has 88 valence electrons. The number of hydrogen-bond acceptors (Lipinski definition) is 2. The lowest BCUT2D eigenvalue weighted by Crippen LogP contribution is -1.90. The molecule has 1 nitrogen and oxygen atoms in total. The second-order valence-corrected chi connectivity index (χ2v) is 4.67. The number of halogens is 1. The van der Waals surface area contributed by atoms with Gasteiger partial charge in [0, 0.05) is 11.4 Å². The van der Waals surface area contributed by atoms with Gasteiger partial charge in [-0.2, -0.15) is 0 Å². The molecule has 17 heavy (non-hydrogen) atoms. The SMILES string of the molecule is Cc1cccc(CSNc2cccc(F)c2)c1. The molecule has 0 fully saturated rings. The average molecular weight is 247 g/mol. The zero-order chi connectivity index (χ0) is 12.1. The van der Waals surface area contributed by atoms with Crippen LogP contribution >= 0.6 is 11.9 Å². The van der Waals surface area contributed by atoms with Crippen molar-refractivity contribution in [2.24, 2.45) is 0 Å². The molecular formula is C14H14FNS. The highest BCUT2D eigenvalue weighted by atomic mass is 32.2. The molecule has 0 bridgehead atoms. The lowest BCUT2D eigenvalue weighted by molar-refractivity contribution is 0.628. The highest BCUT2D eigenvalue weighted by Gasteiger charge is 1.96. The molecule has 2 rings (SSSR count). The molecule has 0 spiro atoms. The fourth-order valence-electron chi connectivity index (χ4n) is 1.56. The quantitative estimate of drug-likeness (QED) is 0.804. The van der Waals surface area contributed by atoms with Gasteiger partial charge in [-0.15, -0.1) is 0 Å². The van der Waals surface area contributed by atoms with Crippen molar-refractivity contribution in [3.05, 3.63) is 65.5 Å². The maximum Gasteiger partial charge on any atom is 0.125 e. The largest absolute Gasteiger partial charge is 0.329 e. The minimum absolute atomic E-state index is 0.217. The third-order valence-electron chi connectivity index (χ3n) is 2.34. The van der Waals surface area contributed by atoms with Gasteiger partial charge in [0.15, 0.2) is 0 Å². The second kappa shape index (κ2) is 5.73. The van der Waals surface area contributed by atoms with Crippen molar-refractivity contribution < 1.29 is 4.39 Å². The minimum Gasteiger partial charge on any atom is -0.329 e. The van der Waals surface area contributed by atoms with E-state index < -0.39 is 0 Å². The van der Waals surface area contributed by atoms with E-state index in [0.717, 1.165) is 11.4 Å². The average Bonchev–Trinajstić information content (AvgIpc) is 2.29. The Hall–Kier alpha value is -1.48. The van der Waals surface area contributed by atoms with E-state index in [1.54, 1.807) is 18.0 Å². The normalized spacial score (nSPS) is 10.2. The first kappa shape index (κ1) is 12.0. The lowest BCUT2D eigenvalue weighted by Gasteiger charge is -2.06. The van der Waals surface area contributed by atoms with Crippen molar-refractivity contribution in [3.8, 4) is 0 Å². The summed E-state index contributed by atoms with van der Waals surface area (Å²) in [6, 6.07) is 14.9.